The van der Waals surface area contributed by atoms with E-state index in [9.17, 15) is 13.2 Å². The lowest BCUT2D eigenvalue weighted by Crippen LogP contribution is -2.36. The molecule has 0 aliphatic carbocycles. The lowest BCUT2D eigenvalue weighted by molar-refractivity contribution is 0.0698. The van der Waals surface area contributed by atoms with E-state index < -0.39 is 16.2 Å². The maximum Gasteiger partial charge on any atom is 0.337 e. The molecule has 7 nitrogen and oxygen atoms in total. The zero-order valence-electron chi connectivity index (χ0n) is 11.6. The largest absolute Gasteiger partial charge is 0.478 e. The number of nitrogens with two attached hydrogens (primary N) is 1. The van der Waals surface area contributed by atoms with E-state index in [2.05, 4.69) is 4.72 Å². The fourth-order valence-electron chi connectivity index (χ4n) is 2.32. The van der Waals surface area contributed by atoms with Crippen molar-refractivity contribution in [3.63, 3.8) is 0 Å². The highest BCUT2D eigenvalue weighted by Crippen LogP contribution is 2.22. The average Bonchev–Trinajstić information content (AvgIpc) is 2.67. The number of nitrogens with zero attached hydrogens (tertiary/aromatic N) is 1. The molecule has 4 N–H and O–H groups in total. The second-order valence-corrected chi connectivity index (χ2v) is 6.70. The first-order chi connectivity index (χ1) is 9.90. The third kappa shape index (κ3) is 3.85. The van der Waals surface area contributed by atoms with E-state index in [1.54, 1.807) is 0 Å². The third-order valence-corrected chi connectivity index (χ3v) is 4.94. The van der Waals surface area contributed by atoms with Gasteiger partial charge in [0.1, 0.15) is 0 Å². The van der Waals surface area contributed by atoms with Crippen LogP contribution in [0.15, 0.2) is 18.2 Å². The predicted octanol–water partition coefficient (Wildman–Crippen LogP) is 1.50. The van der Waals surface area contributed by atoms with E-state index in [0.717, 1.165) is 25.7 Å². The van der Waals surface area contributed by atoms with Crippen molar-refractivity contribution in [2.45, 2.75) is 25.7 Å². The van der Waals surface area contributed by atoms with Crippen molar-refractivity contribution in [3.8, 4) is 0 Å². The normalized spacial score (nSPS) is 17.1. The number of anilines is 2. The van der Waals surface area contributed by atoms with E-state index in [1.807, 2.05) is 0 Å². The third-order valence-electron chi connectivity index (χ3n) is 3.42. The van der Waals surface area contributed by atoms with Gasteiger partial charge in [0, 0.05) is 18.8 Å². The number of benzene rings is 1. The van der Waals surface area contributed by atoms with Gasteiger partial charge in [-0.15, -0.1) is 0 Å². The fourth-order valence-corrected chi connectivity index (χ4v) is 3.63. The van der Waals surface area contributed by atoms with Crippen LogP contribution >= 0.6 is 0 Å². The Morgan fingerprint density at radius 1 is 1.19 bits per heavy atom. The second kappa shape index (κ2) is 6.31. The van der Waals surface area contributed by atoms with Crippen LogP contribution in [0.3, 0.4) is 0 Å². The van der Waals surface area contributed by atoms with Gasteiger partial charge in [-0.1, -0.05) is 12.8 Å². The molecule has 1 heterocycles. The summed E-state index contributed by atoms with van der Waals surface area (Å²) in [5, 5.41) is 9.12. The lowest BCUT2D eigenvalue weighted by atomic mass is 10.1. The van der Waals surface area contributed by atoms with Crippen molar-refractivity contribution in [2.75, 3.05) is 23.5 Å². The molecule has 0 amide bonds. The molecule has 1 saturated heterocycles. The molecule has 21 heavy (non-hydrogen) atoms. The molecule has 116 valence electrons. The molecule has 1 aliphatic rings. The summed E-state index contributed by atoms with van der Waals surface area (Å²) in [6.45, 7) is 0.889. The van der Waals surface area contributed by atoms with Gasteiger partial charge in [-0.05, 0) is 31.0 Å². The minimum atomic E-state index is -3.77. The Bertz CT molecular complexity index is 622. The van der Waals surface area contributed by atoms with Crippen LogP contribution in [-0.2, 0) is 10.2 Å². The Morgan fingerprint density at radius 3 is 2.38 bits per heavy atom. The summed E-state index contributed by atoms with van der Waals surface area (Å²) in [4.78, 5) is 11.2. The van der Waals surface area contributed by atoms with Crippen LogP contribution in [0.25, 0.3) is 0 Å². The highest BCUT2D eigenvalue weighted by Gasteiger charge is 2.24. The number of carboxylic acid groups (broad SMARTS) is 1. The van der Waals surface area contributed by atoms with Crippen molar-refractivity contribution in [2.24, 2.45) is 0 Å². The van der Waals surface area contributed by atoms with Crippen molar-refractivity contribution >= 4 is 27.6 Å². The van der Waals surface area contributed by atoms with Gasteiger partial charge in [-0.25, -0.2) is 4.79 Å². The number of nitrogens with one attached hydrogen (secondary N) is 1. The van der Waals surface area contributed by atoms with Gasteiger partial charge >= 0.3 is 16.2 Å². The fraction of sp³-hybridized carbons (Fsp3) is 0.462. The Morgan fingerprint density at radius 2 is 1.81 bits per heavy atom. The minimum Gasteiger partial charge on any atom is -0.478 e. The lowest BCUT2D eigenvalue weighted by Gasteiger charge is -2.21. The Labute approximate surface area is 123 Å². The Kier molecular flexibility index (Phi) is 4.69. The molecule has 1 fully saturated rings. The van der Waals surface area contributed by atoms with E-state index in [-0.39, 0.29) is 11.3 Å². The summed E-state index contributed by atoms with van der Waals surface area (Å²) >= 11 is 0. The number of nitrogen functional groups attached to an aromatic ring is 1. The molecular formula is C13H19N3O4S. The molecular weight excluding hydrogens is 294 g/mol. The summed E-state index contributed by atoms with van der Waals surface area (Å²) in [7, 11) is -3.77. The first-order valence-corrected chi connectivity index (χ1v) is 8.25. The van der Waals surface area contributed by atoms with Gasteiger partial charge in [0.05, 0.1) is 11.3 Å². The summed E-state index contributed by atoms with van der Waals surface area (Å²) in [6.07, 6.45) is 3.63. The maximum absolute atomic E-state index is 12.4. The van der Waals surface area contributed by atoms with E-state index in [4.69, 9.17) is 10.8 Å². The van der Waals surface area contributed by atoms with Gasteiger partial charge in [0.2, 0.25) is 0 Å². The highest BCUT2D eigenvalue weighted by molar-refractivity contribution is 7.90. The van der Waals surface area contributed by atoms with Gasteiger partial charge in [-0.3, -0.25) is 4.72 Å². The number of rotatable bonds is 4. The van der Waals surface area contributed by atoms with E-state index in [0.29, 0.717) is 18.8 Å². The molecule has 0 aromatic heterocycles. The summed E-state index contributed by atoms with van der Waals surface area (Å²) in [5.74, 6) is -1.21. The number of carboxylic acids is 1. The molecule has 0 bridgehead atoms. The van der Waals surface area contributed by atoms with Gasteiger partial charge in [0.15, 0.2) is 0 Å². The quantitative estimate of drug-likeness (QED) is 0.729. The first kappa shape index (κ1) is 15.6. The van der Waals surface area contributed by atoms with Crippen molar-refractivity contribution in [3.05, 3.63) is 23.8 Å². The van der Waals surface area contributed by atoms with E-state index >= 15 is 0 Å². The zero-order valence-corrected chi connectivity index (χ0v) is 12.4. The highest BCUT2D eigenvalue weighted by atomic mass is 32.2. The molecule has 8 heteroatoms. The van der Waals surface area contributed by atoms with Crippen LogP contribution < -0.4 is 10.5 Å². The molecule has 0 spiro atoms. The summed E-state index contributed by atoms with van der Waals surface area (Å²) in [5.41, 5.74) is 5.78. The number of carbonyl (C=O) groups is 1. The van der Waals surface area contributed by atoms with E-state index in [1.165, 1.54) is 22.5 Å². The standard InChI is InChI=1S/C13H19N3O4S/c14-10-5-6-11(13(17)18)12(9-10)15-21(19,20)16-7-3-1-2-4-8-16/h5-6,9,15H,1-4,7-8,14H2,(H,17,18). The molecule has 1 aliphatic heterocycles. The topological polar surface area (TPSA) is 113 Å². The second-order valence-electron chi connectivity index (χ2n) is 5.03. The van der Waals surface area contributed by atoms with Crippen LogP contribution in [0, 0.1) is 0 Å². The maximum atomic E-state index is 12.4. The summed E-state index contributed by atoms with van der Waals surface area (Å²) < 4.78 is 28.4. The molecule has 1 aromatic carbocycles. The molecule has 0 atom stereocenters. The van der Waals surface area contributed by atoms with Crippen LogP contribution in [0.4, 0.5) is 11.4 Å². The molecule has 0 radical (unpaired) electrons. The number of hydrogen-bond donors (Lipinski definition) is 3. The molecule has 2 rings (SSSR count). The molecule has 1 aromatic rings. The van der Waals surface area contributed by atoms with Crippen LogP contribution in [0.5, 0.6) is 0 Å². The Hall–Kier alpha value is -1.80. The number of hydrogen-bond acceptors (Lipinski definition) is 4. The summed E-state index contributed by atoms with van der Waals surface area (Å²) in [6, 6.07) is 4.03. The Balaban J connectivity index is 2.27. The van der Waals surface area contributed by atoms with Crippen LogP contribution in [0.1, 0.15) is 36.0 Å². The average molecular weight is 313 g/mol. The van der Waals surface area contributed by atoms with Gasteiger partial charge in [-0.2, -0.15) is 12.7 Å². The van der Waals surface area contributed by atoms with Gasteiger partial charge < -0.3 is 10.8 Å². The predicted molar refractivity (Wildman–Crippen MR) is 80.4 cm³/mol. The smallest absolute Gasteiger partial charge is 0.337 e. The number of aromatic carboxylic acids is 1. The van der Waals surface area contributed by atoms with Crippen molar-refractivity contribution in [1.82, 2.24) is 4.31 Å². The molecule has 0 unspecified atom stereocenters. The van der Waals surface area contributed by atoms with Crippen LogP contribution in [0.2, 0.25) is 0 Å². The minimum absolute atomic E-state index is 0.00764. The van der Waals surface area contributed by atoms with Crippen molar-refractivity contribution < 1.29 is 18.3 Å². The monoisotopic (exact) mass is 313 g/mol. The molecule has 0 saturated carbocycles. The van der Waals surface area contributed by atoms with Crippen molar-refractivity contribution in [1.29, 1.82) is 0 Å². The SMILES string of the molecule is Nc1ccc(C(=O)O)c(NS(=O)(=O)N2CCCCCC2)c1. The first-order valence-electron chi connectivity index (χ1n) is 6.81. The van der Waals surface area contributed by atoms with Crippen LogP contribution in [-0.4, -0.2) is 36.9 Å². The zero-order chi connectivity index (χ0) is 15.5. The van der Waals surface area contributed by atoms with Gasteiger partial charge in [0.25, 0.3) is 0 Å².